The minimum absolute atomic E-state index is 0.906. The van der Waals surface area contributed by atoms with E-state index < -0.39 is 0 Å². The van der Waals surface area contributed by atoms with Crippen LogP contribution in [0.2, 0.25) is 0 Å². The fourth-order valence-corrected chi connectivity index (χ4v) is 1.29. The quantitative estimate of drug-likeness (QED) is 0.620. The second-order valence-electron chi connectivity index (χ2n) is 3.16. The van der Waals surface area contributed by atoms with E-state index in [4.69, 9.17) is 0 Å². The Morgan fingerprint density at radius 1 is 1.00 bits per heavy atom. The van der Waals surface area contributed by atoms with Crippen molar-refractivity contribution in [1.29, 1.82) is 0 Å². The van der Waals surface area contributed by atoms with Gasteiger partial charge in [-0.2, -0.15) is 10.2 Å². The first-order valence-corrected chi connectivity index (χ1v) is 4.78. The van der Waals surface area contributed by atoms with Crippen molar-refractivity contribution in [2.75, 3.05) is 0 Å². The Balaban J connectivity index is 2.07. The second-order valence-corrected chi connectivity index (χ2v) is 3.16. The first-order valence-electron chi connectivity index (χ1n) is 4.78. The Labute approximate surface area is 83.7 Å². The molecule has 0 fully saturated rings. The zero-order valence-corrected chi connectivity index (χ0v) is 7.93. The van der Waals surface area contributed by atoms with Crippen molar-refractivity contribution in [3.63, 3.8) is 0 Å². The maximum atomic E-state index is 4.19. The Bertz CT molecular complexity index is 375. The topological polar surface area (TPSA) is 24.7 Å². The van der Waals surface area contributed by atoms with E-state index in [0.717, 1.165) is 24.2 Å². The van der Waals surface area contributed by atoms with E-state index in [9.17, 15) is 0 Å². The molecule has 0 heterocycles. The minimum Gasteiger partial charge on any atom is -0.155 e. The normalized spacial score (nSPS) is 15.9. The summed E-state index contributed by atoms with van der Waals surface area (Å²) in [5.41, 5.74) is 1.96. The van der Waals surface area contributed by atoms with Crippen LogP contribution in [-0.4, -0.2) is 0 Å². The molecule has 2 nitrogen and oxygen atoms in total. The van der Waals surface area contributed by atoms with Crippen molar-refractivity contribution in [2.45, 2.75) is 12.8 Å². The number of benzene rings is 1. The Morgan fingerprint density at radius 3 is 2.57 bits per heavy atom. The summed E-state index contributed by atoms with van der Waals surface area (Å²) < 4.78 is 0. The summed E-state index contributed by atoms with van der Waals surface area (Å²) in [5.74, 6) is 0. The third-order valence-corrected chi connectivity index (χ3v) is 2.04. The molecule has 0 spiro atoms. The first-order chi connectivity index (χ1) is 6.95. The van der Waals surface area contributed by atoms with Crippen molar-refractivity contribution in [3.8, 4) is 0 Å². The van der Waals surface area contributed by atoms with Gasteiger partial charge in [-0.25, -0.2) is 0 Å². The van der Waals surface area contributed by atoms with E-state index in [-0.39, 0.29) is 0 Å². The van der Waals surface area contributed by atoms with Gasteiger partial charge < -0.3 is 0 Å². The fourth-order valence-electron chi connectivity index (χ4n) is 1.29. The number of hydrogen-bond acceptors (Lipinski definition) is 2. The molecule has 0 unspecified atom stereocenters. The zero-order chi connectivity index (χ0) is 9.64. The monoisotopic (exact) mass is 184 g/mol. The van der Waals surface area contributed by atoms with Crippen LogP contribution in [0.3, 0.4) is 0 Å². The molecule has 0 saturated carbocycles. The molecule has 0 atom stereocenters. The van der Waals surface area contributed by atoms with E-state index in [1.54, 1.807) is 0 Å². The summed E-state index contributed by atoms with van der Waals surface area (Å²) in [5, 5.41) is 8.34. The van der Waals surface area contributed by atoms with Crippen molar-refractivity contribution in [3.05, 3.63) is 54.3 Å². The molecule has 0 aliphatic heterocycles. The fraction of sp³-hybridized carbons (Fsp3) is 0.167. The molecule has 2 rings (SSSR count). The maximum Gasteiger partial charge on any atom is 0.0856 e. The van der Waals surface area contributed by atoms with E-state index in [1.807, 2.05) is 42.5 Å². The molecule has 0 amide bonds. The van der Waals surface area contributed by atoms with Gasteiger partial charge in [-0.05, 0) is 31.1 Å². The highest BCUT2D eigenvalue weighted by Crippen LogP contribution is 2.17. The maximum absolute atomic E-state index is 4.19. The number of azo groups is 1. The van der Waals surface area contributed by atoms with Gasteiger partial charge in [0.05, 0.1) is 11.4 Å². The highest BCUT2D eigenvalue weighted by molar-refractivity contribution is 5.35. The van der Waals surface area contributed by atoms with Crippen molar-refractivity contribution < 1.29 is 0 Å². The zero-order valence-electron chi connectivity index (χ0n) is 7.93. The lowest BCUT2D eigenvalue weighted by Gasteiger charge is -2.00. The molecule has 0 radical (unpaired) electrons. The molecule has 1 aliphatic rings. The molecule has 0 bridgehead atoms. The molecule has 1 aromatic rings. The van der Waals surface area contributed by atoms with E-state index in [0.29, 0.717) is 0 Å². The Hall–Kier alpha value is -1.70. The van der Waals surface area contributed by atoms with Gasteiger partial charge in [-0.3, -0.25) is 0 Å². The Kier molecular flexibility index (Phi) is 2.86. The van der Waals surface area contributed by atoms with Crippen molar-refractivity contribution in [2.24, 2.45) is 10.2 Å². The third kappa shape index (κ3) is 2.39. The molecular formula is C12H12N2. The third-order valence-electron chi connectivity index (χ3n) is 2.04. The van der Waals surface area contributed by atoms with Gasteiger partial charge in [0.2, 0.25) is 0 Å². The van der Waals surface area contributed by atoms with Crippen LogP contribution in [0.5, 0.6) is 0 Å². The summed E-state index contributed by atoms with van der Waals surface area (Å²) in [6.45, 7) is 0. The van der Waals surface area contributed by atoms with Gasteiger partial charge in [0.15, 0.2) is 0 Å². The lowest BCUT2D eigenvalue weighted by molar-refractivity contribution is 0.912. The summed E-state index contributed by atoms with van der Waals surface area (Å²) >= 11 is 0. The summed E-state index contributed by atoms with van der Waals surface area (Å²) in [6, 6.07) is 9.79. The van der Waals surface area contributed by atoms with Gasteiger partial charge in [-0.1, -0.05) is 30.4 Å². The van der Waals surface area contributed by atoms with E-state index in [1.165, 1.54) is 0 Å². The van der Waals surface area contributed by atoms with E-state index in [2.05, 4.69) is 16.3 Å². The predicted molar refractivity (Wildman–Crippen MR) is 57.4 cm³/mol. The van der Waals surface area contributed by atoms with Gasteiger partial charge in [0, 0.05) is 0 Å². The highest BCUT2D eigenvalue weighted by Gasteiger charge is 1.96. The number of nitrogens with zero attached hydrogens (tertiary/aromatic N) is 2. The summed E-state index contributed by atoms with van der Waals surface area (Å²) in [7, 11) is 0. The molecule has 70 valence electrons. The van der Waals surface area contributed by atoms with Crippen molar-refractivity contribution in [1.82, 2.24) is 0 Å². The number of allylic oxidation sites excluding steroid dienone is 4. The van der Waals surface area contributed by atoms with Gasteiger partial charge in [0.25, 0.3) is 0 Å². The van der Waals surface area contributed by atoms with Crippen LogP contribution in [0.25, 0.3) is 0 Å². The van der Waals surface area contributed by atoms with Crippen LogP contribution < -0.4 is 0 Å². The average molecular weight is 184 g/mol. The number of rotatable bonds is 2. The van der Waals surface area contributed by atoms with Gasteiger partial charge >= 0.3 is 0 Å². The van der Waals surface area contributed by atoms with Crippen LogP contribution in [0, 0.1) is 0 Å². The standard InChI is InChI=1S/C12H12N2/c1-3-7-11(8-4-1)13-14-12-9-5-2-6-10-12/h1-5,7-9H,6,10H2/b14-13+. The average Bonchev–Trinajstić information content (AvgIpc) is 2.29. The van der Waals surface area contributed by atoms with Crippen molar-refractivity contribution >= 4 is 5.69 Å². The SMILES string of the molecule is C1=CCCC(/N=N/c2ccccc2)=C1. The smallest absolute Gasteiger partial charge is 0.0856 e. The Morgan fingerprint density at radius 2 is 1.86 bits per heavy atom. The van der Waals surface area contributed by atoms with Crippen LogP contribution in [0.4, 0.5) is 5.69 Å². The predicted octanol–water partition coefficient (Wildman–Crippen LogP) is 4.00. The van der Waals surface area contributed by atoms with Crippen LogP contribution in [0.15, 0.2) is 64.5 Å². The largest absolute Gasteiger partial charge is 0.155 e. The molecule has 1 aromatic carbocycles. The van der Waals surface area contributed by atoms with Gasteiger partial charge in [-0.15, -0.1) is 0 Å². The molecule has 14 heavy (non-hydrogen) atoms. The molecule has 0 aromatic heterocycles. The first kappa shape index (κ1) is 8.88. The number of hydrogen-bond donors (Lipinski definition) is 0. The lowest BCUT2D eigenvalue weighted by Crippen LogP contribution is -1.81. The summed E-state index contributed by atoms with van der Waals surface area (Å²) in [6.07, 6.45) is 8.24. The second kappa shape index (κ2) is 4.51. The molecule has 2 heteroatoms. The van der Waals surface area contributed by atoms with Crippen LogP contribution in [-0.2, 0) is 0 Å². The van der Waals surface area contributed by atoms with Crippen LogP contribution >= 0.6 is 0 Å². The molecular weight excluding hydrogens is 172 g/mol. The van der Waals surface area contributed by atoms with Gasteiger partial charge in [0.1, 0.15) is 0 Å². The molecule has 1 aliphatic carbocycles. The minimum atomic E-state index is 0.906. The lowest BCUT2D eigenvalue weighted by atomic mass is 10.1. The molecule has 0 saturated heterocycles. The molecule has 0 N–H and O–H groups in total. The highest BCUT2D eigenvalue weighted by atomic mass is 15.1. The van der Waals surface area contributed by atoms with E-state index >= 15 is 0 Å². The van der Waals surface area contributed by atoms with Crippen LogP contribution in [0.1, 0.15) is 12.8 Å². The summed E-state index contributed by atoms with van der Waals surface area (Å²) in [4.78, 5) is 0.